The van der Waals surface area contributed by atoms with Crippen LogP contribution in [0.15, 0.2) is 0 Å². The van der Waals surface area contributed by atoms with E-state index in [1.54, 1.807) is 0 Å². The van der Waals surface area contributed by atoms with Crippen LogP contribution in [0.4, 0.5) is 0 Å². The second-order valence-electron chi connectivity index (χ2n) is 8.12. The Labute approximate surface area is 129 Å². The van der Waals surface area contributed by atoms with E-state index in [0.717, 1.165) is 39.1 Å². The zero-order valence-corrected chi connectivity index (χ0v) is 13.7. The Balaban J connectivity index is 1.73. The first-order valence-corrected chi connectivity index (χ1v) is 8.74. The topological polar surface area (TPSA) is 56.5 Å². The molecular formula is C17H32N2O2. The minimum absolute atomic E-state index is 0.0170. The van der Waals surface area contributed by atoms with Gasteiger partial charge in [0.15, 0.2) is 0 Å². The van der Waals surface area contributed by atoms with Gasteiger partial charge in [0.1, 0.15) is 0 Å². The van der Waals surface area contributed by atoms with Crippen molar-refractivity contribution in [1.29, 1.82) is 0 Å². The van der Waals surface area contributed by atoms with Gasteiger partial charge < -0.3 is 9.47 Å². The number of nitrogens with one attached hydrogen (secondary N) is 1. The number of ether oxygens (including phenoxy) is 2. The monoisotopic (exact) mass is 296 g/mol. The lowest BCUT2D eigenvalue weighted by atomic mass is 9.62. The molecule has 21 heavy (non-hydrogen) atoms. The molecule has 1 aliphatic carbocycles. The second-order valence-corrected chi connectivity index (χ2v) is 8.12. The lowest BCUT2D eigenvalue weighted by Crippen LogP contribution is -2.55. The highest BCUT2D eigenvalue weighted by atomic mass is 16.6. The molecule has 2 aliphatic heterocycles. The van der Waals surface area contributed by atoms with Crippen LogP contribution in [0.3, 0.4) is 0 Å². The van der Waals surface area contributed by atoms with Gasteiger partial charge in [0.25, 0.3) is 0 Å². The van der Waals surface area contributed by atoms with Crippen molar-refractivity contribution in [3.8, 4) is 0 Å². The molecule has 3 fully saturated rings. The summed E-state index contributed by atoms with van der Waals surface area (Å²) in [7, 11) is 0. The summed E-state index contributed by atoms with van der Waals surface area (Å²) in [5.41, 5.74) is 3.59. The van der Waals surface area contributed by atoms with Gasteiger partial charge in [0.05, 0.1) is 12.2 Å². The fraction of sp³-hybridized carbons (Fsp3) is 1.00. The average molecular weight is 296 g/mol. The van der Waals surface area contributed by atoms with Crippen LogP contribution in [0.5, 0.6) is 0 Å². The quantitative estimate of drug-likeness (QED) is 0.621. The van der Waals surface area contributed by atoms with Crippen molar-refractivity contribution in [1.82, 2.24) is 5.43 Å². The molecule has 2 heterocycles. The predicted octanol–water partition coefficient (Wildman–Crippen LogP) is 2.62. The number of hydrazine groups is 1. The zero-order valence-electron chi connectivity index (χ0n) is 13.7. The molecular weight excluding hydrogens is 264 g/mol. The van der Waals surface area contributed by atoms with Gasteiger partial charge in [-0.3, -0.25) is 11.3 Å². The third kappa shape index (κ3) is 3.14. The minimum Gasteiger partial charge on any atom is -0.378 e. The molecule has 4 nitrogen and oxygen atoms in total. The van der Waals surface area contributed by atoms with Gasteiger partial charge in [0.2, 0.25) is 0 Å². The summed E-state index contributed by atoms with van der Waals surface area (Å²) >= 11 is 0. The average Bonchev–Trinajstić information content (AvgIpc) is 2.89. The van der Waals surface area contributed by atoms with E-state index in [2.05, 4.69) is 19.3 Å². The molecule has 4 heteroatoms. The van der Waals surface area contributed by atoms with Crippen molar-refractivity contribution in [2.24, 2.45) is 23.1 Å². The Bertz CT molecular complexity index is 353. The van der Waals surface area contributed by atoms with E-state index in [1.165, 1.54) is 25.7 Å². The zero-order chi connectivity index (χ0) is 14.9. The molecule has 1 spiro atoms. The van der Waals surface area contributed by atoms with Crippen molar-refractivity contribution in [2.75, 3.05) is 19.8 Å². The molecule has 4 atom stereocenters. The molecule has 3 N–H and O–H groups in total. The Morgan fingerprint density at radius 2 is 2.00 bits per heavy atom. The summed E-state index contributed by atoms with van der Waals surface area (Å²) in [6.45, 7) is 7.33. The van der Waals surface area contributed by atoms with Crippen LogP contribution >= 0.6 is 0 Å². The van der Waals surface area contributed by atoms with Gasteiger partial charge in [-0.2, -0.15) is 0 Å². The number of nitrogens with two attached hydrogens (primary N) is 1. The third-order valence-electron chi connectivity index (χ3n) is 6.32. The first kappa shape index (κ1) is 15.7. The molecule has 0 amide bonds. The van der Waals surface area contributed by atoms with Gasteiger partial charge >= 0.3 is 0 Å². The molecule has 3 aliphatic rings. The van der Waals surface area contributed by atoms with Gasteiger partial charge in [-0.25, -0.2) is 0 Å². The molecule has 0 radical (unpaired) electrons. The number of hydrogen-bond donors (Lipinski definition) is 2. The summed E-state index contributed by atoms with van der Waals surface area (Å²) in [4.78, 5) is 0. The Kier molecular flexibility index (Phi) is 4.60. The number of rotatable bonds is 3. The van der Waals surface area contributed by atoms with Gasteiger partial charge in [0, 0.05) is 25.7 Å². The lowest BCUT2D eigenvalue weighted by molar-refractivity contribution is -0.110. The van der Waals surface area contributed by atoms with Crippen LogP contribution < -0.4 is 11.3 Å². The minimum atomic E-state index is -0.0170. The highest BCUT2D eigenvalue weighted by molar-refractivity contribution is 4.98. The maximum absolute atomic E-state index is 6.10. The van der Waals surface area contributed by atoms with Crippen LogP contribution in [0, 0.1) is 17.3 Å². The van der Waals surface area contributed by atoms with Gasteiger partial charge in [-0.05, 0) is 42.9 Å². The molecule has 3 rings (SSSR count). The van der Waals surface area contributed by atoms with Crippen molar-refractivity contribution >= 4 is 0 Å². The smallest absolute Gasteiger partial charge is 0.0939 e. The summed E-state index contributed by atoms with van der Waals surface area (Å²) in [5, 5.41) is 0. The summed E-state index contributed by atoms with van der Waals surface area (Å²) in [6, 6.07) is 0.418. The second kappa shape index (κ2) is 6.15. The normalized spacial score (nSPS) is 41.3. The van der Waals surface area contributed by atoms with Crippen LogP contribution in [-0.4, -0.2) is 31.5 Å². The van der Waals surface area contributed by atoms with E-state index in [-0.39, 0.29) is 5.60 Å². The van der Waals surface area contributed by atoms with E-state index in [9.17, 15) is 0 Å². The van der Waals surface area contributed by atoms with Crippen molar-refractivity contribution in [2.45, 2.75) is 70.4 Å². The van der Waals surface area contributed by atoms with E-state index >= 15 is 0 Å². The van der Waals surface area contributed by atoms with E-state index < -0.39 is 0 Å². The molecule has 0 aromatic rings. The summed E-state index contributed by atoms with van der Waals surface area (Å²) in [5.74, 6) is 7.32. The summed E-state index contributed by atoms with van der Waals surface area (Å²) < 4.78 is 11.7. The largest absolute Gasteiger partial charge is 0.378 e. The SMILES string of the molecule is CC1(C)CCCCC1C(NN)C1CCOC2(CCOC2)C1. The molecule has 2 saturated heterocycles. The van der Waals surface area contributed by atoms with Crippen LogP contribution in [0.2, 0.25) is 0 Å². The van der Waals surface area contributed by atoms with Crippen LogP contribution in [0.25, 0.3) is 0 Å². The van der Waals surface area contributed by atoms with Gasteiger partial charge in [-0.15, -0.1) is 0 Å². The molecule has 0 aromatic heterocycles. The van der Waals surface area contributed by atoms with E-state index in [0.29, 0.717) is 23.3 Å². The Morgan fingerprint density at radius 3 is 2.67 bits per heavy atom. The first-order valence-electron chi connectivity index (χ1n) is 8.74. The van der Waals surface area contributed by atoms with E-state index in [4.69, 9.17) is 15.3 Å². The van der Waals surface area contributed by atoms with E-state index in [1.807, 2.05) is 0 Å². The van der Waals surface area contributed by atoms with Crippen molar-refractivity contribution in [3.63, 3.8) is 0 Å². The molecule has 4 unspecified atom stereocenters. The maximum Gasteiger partial charge on any atom is 0.0939 e. The highest BCUT2D eigenvalue weighted by Crippen LogP contribution is 2.46. The molecule has 0 aromatic carbocycles. The summed E-state index contributed by atoms with van der Waals surface area (Å²) in [6.07, 6.45) is 8.64. The van der Waals surface area contributed by atoms with Crippen molar-refractivity contribution in [3.05, 3.63) is 0 Å². The standard InChI is InChI=1S/C17H32N2O2/c1-16(2)7-4-3-5-14(16)15(19-18)13-6-9-21-17(11-13)8-10-20-12-17/h13-15,19H,3-12,18H2,1-2H3. The Morgan fingerprint density at radius 1 is 1.14 bits per heavy atom. The van der Waals surface area contributed by atoms with Gasteiger partial charge in [-0.1, -0.05) is 26.7 Å². The highest BCUT2D eigenvalue weighted by Gasteiger charge is 2.46. The van der Waals surface area contributed by atoms with Crippen molar-refractivity contribution < 1.29 is 9.47 Å². The maximum atomic E-state index is 6.10. The molecule has 0 bridgehead atoms. The fourth-order valence-electron chi connectivity index (χ4n) is 5.00. The van der Waals surface area contributed by atoms with Crippen LogP contribution in [-0.2, 0) is 9.47 Å². The lowest BCUT2D eigenvalue weighted by Gasteiger charge is -2.48. The predicted molar refractivity (Wildman–Crippen MR) is 83.7 cm³/mol. The molecule has 1 saturated carbocycles. The first-order chi connectivity index (χ1) is 10.1. The van der Waals surface area contributed by atoms with Crippen LogP contribution in [0.1, 0.15) is 58.8 Å². The Hall–Kier alpha value is -0.160. The fourth-order valence-corrected chi connectivity index (χ4v) is 5.00. The molecule has 122 valence electrons. The number of hydrogen-bond acceptors (Lipinski definition) is 4. The third-order valence-corrected chi connectivity index (χ3v) is 6.32.